The average molecular weight is 372 g/mol. The van der Waals surface area contributed by atoms with Gasteiger partial charge in [-0.15, -0.1) is 0 Å². The first kappa shape index (κ1) is 19.4. The number of hydrogen-bond donors (Lipinski definition) is 0. The predicted molar refractivity (Wildman–Crippen MR) is 114 cm³/mol. The van der Waals surface area contributed by atoms with Gasteiger partial charge in [-0.05, 0) is 41.3 Å². The Kier molecular flexibility index (Phi) is 6.64. The molecule has 0 bridgehead atoms. The van der Waals surface area contributed by atoms with Crippen LogP contribution in [0.25, 0.3) is 17.2 Å². The quantitative estimate of drug-likeness (QED) is 0.357. The molecule has 0 atom stereocenters. The molecule has 0 aliphatic rings. The lowest BCUT2D eigenvalue weighted by Crippen LogP contribution is -1.98. The monoisotopic (exact) mass is 372 g/mol. The molecule has 3 rings (SSSR count). The Balaban J connectivity index is 1.72. The maximum absolute atomic E-state index is 12.5. The molecule has 0 amide bonds. The third-order valence-corrected chi connectivity index (χ3v) is 4.35. The smallest absolute Gasteiger partial charge is 0.185 e. The van der Waals surface area contributed by atoms with Gasteiger partial charge in [0.2, 0.25) is 0 Å². The van der Waals surface area contributed by atoms with Crippen LogP contribution in [0.4, 0.5) is 0 Å². The molecule has 142 valence electrons. The molecule has 3 nitrogen and oxygen atoms in total. The fraction of sp³-hybridized carbons (Fsp3) is 0.160. The summed E-state index contributed by atoms with van der Waals surface area (Å²) >= 11 is 0. The lowest BCUT2D eigenvalue weighted by atomic mass is 10.0. The van der Waals surface area contributed by atoms with Gasteiger partial charge < -0.3 is 9.47 Å². The van der Waals surface area contributed by atoms with Crippen molar-refractivity contribution in [1.82, 2.24) is 0 Å². The van der Waals surface area contributed by atoms with Crippen molar-refractivity contribution in [1.29, 1.82) is 0 Å². The van der Waals surface area contributed by atoms with Gasteiger partial charge in [0.25, 0.3) is 0 Å². The van der Waals surface area contributed by atoms with Gasteiger partial charge in [0, 0.05) is 5.56 Å². The van der Waals surface area contributed by atoms with Gasteiger partial charge in [-0.3, -0.25) is 4.79 Å². The molecular formula is C25H24O3. The third kappa shape index (κ3) is 4.89. The van der Waals surface area contributed by atoms with Crippen molar-refractivity contribution in [2.45, 2.75) is 13.3 Å². The standard InChI is InChI=1S/C25H24O3/c1-3-17-28-25-18-19(10-16-24(25)27-2)9-15-23(26)22-13-11-21(12-14-22)20-7-5-4-6-8-20/h4-16,18H,3,17H2,1-2H3/b15-9+. The van der Waals surface area contributed by atoms with Gasteiger partial charge >= 0.3 is 0 Å². The van der Waals surface area contributed by atoms with E-state index in [0.29, 0.717) is 23.7 Å². The second-order valence-electron chi connectivity index (χ2n) is 6.40. The normalized spacial score (nSPS) is 10.8. The third-order valence-electron chi connectivity index (χ3n) is 4.35. The molecule has 0 unspecified atom stereocenters. The molecule has 0 radical (unpaired) electrons. The second kappa shape index (κ2) is 9.56. The van der Waals surface area contributed by atoms with Crippen LogP contribution in [0.15, 0.2) is 78.9 Å². The highest BCUT2D eigenvalue weighted by Crippen LogP contribution is 2.29. The van der Waals surface area contributed by atoms with E-state index in [1.165, 1.54) is 0 Å². The van der Waals surface area contributed by atoms with E-state index in [0.717, 1.165) is 23.1 Å². The largest absolute Gasteiger partial charge is 0.493 e. The van der Waals surface area contributed by atoms with Crippen molar-refractivity contribution in [2.75, 3.05) is 13.7 Å². The Morgan fingerprint density at radius 3 is 2.29 bits per heavy atom. The topological polar surface area (TPSA) is 35.5 Å². The van der Waals surface area contributed by atoms with Gasteiger partial charge in [0.15, 0.2) is 17.3 Å². The maximum atomic E-state index is 12.5. The minimum Gasteiger partial charge on any atom is -0.493 e. The summed E-state index contributed by atoms with van der Waals surface area (Å²) in [4.78, 5) is 12.5. The van der Waals surface area contributed by atoms with Gasteiger partial charge in [-0.25, -0.2) is 0 Å². The van der Waals surface area contributed by atoms with Crippen LogP contribution in [0.1, 0.15) is 29.3 Å². The summed E-state index contributed by atoms with van der Waals surface area (Å²) in [6.45, 7) is 2.67. The molecule has 0 aliphatic heterocycles. The van der Waals surface area contributed by atoms with Crippen molar-refractivity contribution in [3.63, 3.8) is 0 Å². The van der Waals surface area contributed by atoms with E-state index in [4.69, 9.17) is 9.47 Å². The fourth-order valence-corrected chi connectivity index (χ4v) is 2.85. The van der Waals surface area contributed by atoms with E-state index in [1.54, 1.807) is 19.3 Å². The summed E-state index contributed by atoms with van der Waals surface area (Å²) in [5.41, 5.74) is 3.77. The first-order chi connectivity index (χ1) is 13.7. The summed E-state index contributed by atoms with van der Waals surface area (Å²) in [7, 11) is 1.62. The summed E-state index contributed by atoms with van der Waals surface area (Å²) in [6.07, 6.45) is 4.30. The van der Waals surface area contributed by atoms with Crippen LogP contribution >= 0.6 is 0 Å². The Bertz CT molecular complexity index is 941. The van der Waals surface area contributed by atoms with Crippen LogP contribution in [-0.4, -0.2) is 19.5 Å². The molecular weight excluding hydrogens is 348 g/mol. The Labute approximate surface area is 166 Å². The van der Waals surface area contributed by atoms with Crippen LogP contribution in [-0.2, 0) is 0 Å². The van der Waals surface area contributed by atoms with Crippen molar-refractivity contribution in [3.05, 3.63) is 90.0 Å². The van der Waals surface area contributed by atoms with Crippen LogP contribution in [0.2, 0.25) is 0 Å². The molecule has 0 spiro atoms. The minimum absolute atomic E-state index is 0.0357. The number of rotatable bonds is 8. The van der Waals surface area contributed by atoms with Crippen LogP contribution in [0, 0.1) is 0 Å². The van der Waals surface area contributed by atoms with E-state index in [1.807, 2.05) is 60.7 Å². The highest BCUT2D eigenvalue weighted by Gasteiger charge is 2.06. The van der Waals surface area contributed by atoms with E-state index >= 15 is 0 Å². The first-order valence-electron chi connectivity index (χ1n) is 9.40. The molecule has 0 heterocycles. The van der Waals surface area contributed by atoms with Gasteiger partial charge in [0.1, 0.15) is 0 Å². The molecule has 3 aromatic rings. The van der Waals surface area contributed by atoms with Crippen LogP contribution in [0.5, 0.6) is 11.5 Å². The van der Waals surface area contributed by atoms with Crippen LogP contribution < -0.4 is 9.47 Å². The van der Waals surface area contributed by atoms with E-state index in [9.17, 15) is 4.79 Å². The zero-order valence-electron chi connectivity index (χ0n) is 16.2. The molecule has 0 aromatic heterocycles. The summed E-state index contributed by atoms with van der Waals surface area (Å²) in [5.74, 6) is 1.34. The van der Waals surface area contributed by atoms with Gasteiger partial charge in [0.05, 0.1) is 13.7 Å². The zero-order chi connectivity index (χ0) is 19.8. The van der Waals surface area contributed by atoms with Gasteiger partial charge in [-0.1, -0.05) is 73.7 Å². The fourth-order valence-electron chi connectivity index (χ4n) is 2.85. The molecule has 3 aromatic carbocycles. The Hall–Kier alpha value is -3.33. The number of benzene rings is 3. The van der Waals surface area contributed by atoms with E-state index in [2.05, 4.69) is 19.1 Å². The molecule has 28 heavy (non-hydrogen) atoms. The number of ketones is 1. The van der Waals surface area contributed by atoms with E-state index < -0.39 is 0 Å². The highest BCUT2D eigenvalue weighted by atomic mass is 16.5. The highest BCUT2D eigenvalue weighted by molar-refractivity contribution is 6.07. The molecule has 0 aliphatic carbocycles. The first-order valence-corrected chi connectivity index (χ1v) is 9.40. The minimum atomic E-state index is -0.0357. The summed E-state index contributed by atoms with van der Waals surface area (Å²) < 4.78 is 11.0. The van der Waals surface area contributed by atoms with Crippen LogP contribution in [0.3, 0.4) is 0 Å². The Morgan fingerprint density at radius 2 is 1.61 bits per heavy atom. The molecule has 0 fully saturated rings. The number of allylic oxidation sites excluding steroid dienone is 1. The van der Waals surface area contributed by atoms with Crippen molar-refractivity contribution in [2.24, 2.45) is 0 Å². The predicted octanol–water partition coefficient (Wildman–Crippen LogP) is 6.05. The molecule has 3 heteroatoms. The SMILES string of the molecule is CCCOc1cc(/C=C/C(=O)c2ccc(-c3ccccc3)cc2)ccc1OC. The number of methoxy groups -OCH3 is 1. The number of carbonyl (C=O) groups is 1. The molecule has 0 saturated carbocycles. The number of hydrogen-bond acceptors (Lipinski definition) is 3. The zero-order valence-corrected chi connectivity index (χ0v) is 16.2. The Morgan fingerprint density at radius 1 is 0.893 bits per heavy atom. The van der Waals surface area contributed by atoms with Crippen molar-refractivity contribution in [3.8, 4) is 22.6 Å². The molecule has 0 saturated heterocycles. The number of carbonyl (C=O) groups excluding carboxylic acids is 1. The maximum Gasteiger partial charge on any atom is 0.185 e. The van der Waals surface area contributed by atoms with Crippen molar-refractivity contribution >= 4 is 11.9 Å². The lowest BCUT2D eigenvalue weighted by Gasteiger charge is -2.10. The average Bonchev–Trinajstić information content (AvgIpc) is 2.76. The summed E-state index contributed by atoms with van der Waals surface area (Å²) in [6, 6.07) is 23.4. The molecule has 0 N–H and O–H groups in total. The van der Waals surface area contributed by atoms with Crippen molar-refractivity contribution < 1.29 is 14.3 Å². The number of ether oxygens (including phenoxy) is 2. The summed E-state index contributed by atoms with van der Waals surface area (Å²) in [5, 5.41) is 0. The van der Waals surface area contributed by atoms with Gasteiger partial charge in [-0.2, -0.15) is 0 Å². The second-order valence-corrected chi connectivity index (χ2v) is 6.40. The van der Waals surface area contributed by atoms with E-state index in [-0.39, 0.29) is 5.78 Å². The lowest BCUT2D eigenvalue weighted by molar-refractivity contribution is 0.104.